The quantitative estimate of drug-likeness (QED) is 0.665. The Morgan fingerprint density at radius 1 is 1.10 bits per heavy atom. The van der Waals surface area contributed by atoms with Crippen LogP contribution in [0, 0.1) is 5.41 Å². The number of nitrogens with one attached hydrogen (secondary N) is 1. The Bertz CT molecular complexity index is 1060. The molecule has 0 spiro atoms. The number of methoxy groups -OCH3 is 1. The Kier molecular flexibility index (Phi) is 5.01. The molecule has 2 aromatic carbocycles. The maximum atomic E-state index is 12.7. The number of para-hydroxylation sites is 2. The summed E-state index contributed by atoms with van der Waals surface area (Å²) < 4.78 is 11.4. The number of rotatable bonds is 6. The summed E-state index contributed by atoms with van der Waals surface area (Å²) in [6.45, 7) is 0.234. The van der Waals surface area contributed by atoms with E-state index in [9.17, 15) is 9.59 Å². The second-order valence-electron chi connectivity index (χ2n) is 7.57. The van der Waals surface area contributed by atoms with Crippen LogP contribution in [-0.2, 0) is 4.79 Å². The third kappa shape index (κ3) is 3.46. The zero-order valence-corrected chi connectivity index (χ0v) is 16.4. The Hall–Kier alpha value is -3.28. The van der Waals surface area contributed by atoms with Crippen molar-refractivity contribution in [3.8, 4) is 16.9 Å². The molecule has 1 aliphatic rings. The summed E-state index contributed by atoms with van der Waals surface area (Å²) in [5.74, 6) is 0.241. The largest absolute Gasteiger partial charge is 0.496 e. The lowest BCUT2D eigenvalue weighted by molar-refractivity contribution is -0.127. The molecule has 1 aliphatic carbocycles. The summed E-state index contributed by atoms with van der Waals surface area (Å²) in [7, 11) is 1.62. The number of benzene rings is 2. The molecule has 1 aromatic heterocycles. The standard InChI is InChI=1S/C23H24N2O4/c1-28-18-10-3-2-8-16(18)17-9-6-7-15-13-19(29-20(15)17)21(26)25-14-23(22(24)27)11-4-5-12-23/h2-3,6-10,13H,4-5,11-12,14H2,1H3,(H2,24,27)(H,25,26). The summed E-state index contributed by atoms with van der Waals surface area (Å²) in [5.41, 5.74) is 7.31. The lowest BCUT2D eigenvalue weighted by atomic mass is 9.85. The van der Waals surface area contributed by atoms with Gasteiger partial charge in [0.2, 0.25) is 5.91 Å². The Labute approximate surface area is 169 Å². The molecule has 2 amide bonds. The fourth-order valence-electron chi connectivity index (χ4n) is 4.15. The van der Waals surface area contributed by atoms with E-state index in [1.165, 1.54) is 0 Å². The van der Waals surface area contributed by atoms with Gasteiger partial charge in [0, 0.05) is 23.1 Å². The van der Waals surface area contributed by atoms with Gasteiger partial charge in [-0.25, -0.2) is 0 Å². The van der Waals surface area contributed by atoms with Crippen molar-refractivity contribution in [1.29, 1.82) is 0 Å². The highest BCUT2D eigenvalue weighted by atomic mass is 16.5. The van der Waals surface area contributed by atoms with E-state index in [-0.39, 0.29) is 24.1 Å². The van der Waals surface area contributed by atoms with Crippen molar-refractivity contribution < 1.29 is 18.7 Å². The number of furan rings is 1. The van der Waals surface area contributed by atoms with Crippen LogP contribution in [0.1, 0.15) is 36.2 Å². The van der Waals surface area contributed by atoms with Crippen molar-refractivity contribution in [2.75, 3.05) is 13.7 Å². The summed E-state index contributed by atoms with van der Waals surface area (Å²) >= 11 is 0. The van der Waals surface area contributed by atoms with E-state index < -0.39 is 5.41 Å². The average molecular weight is 392 g/mol. The molecule has 0 atom stereocenters. The maximum absolute atomic E-state index is 12.7. The van der Waals surface area contributed by atoms with Gasteiger partial charge in [-0.1, -0.05) is 49.2 Å². The number of fused-ring (bicyclic) bond motifs is 1. The van der Waals surface area contributed by atoms with Crippen molar-refractivity contribution in [3.63, 3.8) is 0 Å². The van der Waals surface area contributed by atoms with Gasteiger partial charge in [0.1, 0.15) is 11.3 Å². The lowest BCUT2D eigenvalue weighted by Gasteiger charge is -2.24. The van der Waals surface area contributed by atoms with Gasteiger partial charge in [0.25, 0.3) is 5.91 Å². The van der Waals surface area contributed by atoms with Gasteiger partial charge in [-0.2, -0.15) is 0 Å². The minimum absolute atomic E-state index is 0.208. The summed E-state index contributed by atoms with van der Waals surface area (Å²) in [4.78, 5) is 24.6. The van der Waals surface area contributed by atoms with Gasteiger partial charge in [-0.05, 0) is 25.0 Å². The molecular formula is C23H24N2O4. The third-order valence-electron chi connectivity index (χ3n) is 5.84. The average Bonchev–Trinajstić information content (AvgIpc) is 3.39. The van der Waals surface area contributed by atoms with E-state index in [0.717, 1.165) is 35.1 Å². The fourth-order valence-corrected chi connectivity index (χ4v) is 4.15. The van der Waals surface area contributed by atoms with Crippen LogP contribution in [0.2, 0.25) is 0 Å². The Morgan fingerprint density at radius 2 is 1.83 bits per heavy atom. The van der Waals surface area contributed by atoms with E-state index >= 15 is 0 Å². The number of primary amides is 1. The van der Waals surface area contributed by atoms with E-state index in [0.29, 0.717) is 18.4 Å². The van der Waals surface area contributed by atoms with Gasteiger partial charge < -0.3 is 20.2 Å². The maximum Gasteiger partial charge on any atom is 0.287 e. The Balaban J connectivity index is 1.63. The van der Waals surface area contributed by atoms with Gasteiger partial charge in [0.15, 0.2) is 5.76 Å². The number of ether oxygens (including phenoxy) is 1. The first-order valence-electron chi connectivity index (χ1n) is 9.78. The summed E-state index contributed by atoms with van der Waals surface area (Å²) in [6.07, 6.45) is 3.32. The number of nitrogens with two attached hydrogens (primary N) is 1. The highest BCUT2D eigenvalue weighted by molar-refractivity contribution is 6.00. The van der Waals surface area contributed by atoms with E-state index in [1.807, 2.05) is 42.5 Å². The lowest BCUT2D eigenvalue weighted by Crippen LogP contribution is -2.44. The number of amides is 2. The number of hydrogen-bond donors (Lipinski definition) is 2. The third-order valence-corrected chi connectivity index (χ3v) is 5.84. The number of carbonyl (C=O) groups is 2. The molecule has 0 unspecified atom stereocenters. The first-order valence-corrected chi connectivity index (χ1v) is 9.78. The van der Waals surface area contributed by atoms with Crippen LogP contribution in [0.15, 0.2) is 52.9 Å². The zero-order valence-electron chi connectivity index (χ0n) is 16.4. The smallest absolute Gasteiger partial charge is 0.287 e. The van der Waals surface area contributed by atoms with Crippen molar-refractivity contribution >= 4 is 22.8 Å². The molecule has 0 radical (unpaired) electrons. The minimum atomic E-state index is -0.649. The molecule has 1 heterocycles. The Morgan fingerprint density at radius 3 is 2.55 bits per heavy atom. The topological polar surface area (TPSA) is 94.6 Å². The second-order valence-corrected chi connectivity index (χ2v) is 7.57. The van der Waals surface area contributed by atoms with Gasteiger partial charge in [0.05, 0.1) is 12.5 Å². The van der Waals surface area contributed by atoms with Crippen molar-refractivity contribution in [2.45, 2.75) is 25.7 Å². The van der Waals surface area contributed by atoms with Crippen LogP contribution >= 0.6 is 0 Å². The van der Waals surface area contributed by atoms with E-state index in [1.54, 1.807) is 13.2 Å². The van der Waals surface area contributed by atoms with Crippen LogP contribution in [0.3, 0.4) is 0 Å². The molecule has 0 saturated heterocycles. The predicted octanol–water partition coefficient (Wildman–Crippen LogP) is 3.88. The van der Waals surface area contributed by atoms with Crippen molar-refractivity contribution in [1.82, 2.24) is 5.32 Å². The summed E-state index contributed by atoms with van der Waals surface area (Å²) in [6, 6.07) is 15.1. The molecule has 150 valence electrons. The highest BCUT2D eigenvalue weighted by Crippen LogP contribution is 2.38. The van der Waals surface area contributed by atoms with Crippen LogP contribution in [0.25, 0.3) is 22.1 Å². The van der Waals surface area contributed by atoms with Crippen molar-refractivity contribution in [3.05, 3.63) is 54.3 Å². The first-order chi connectivity index (χ1) is 14.0. The van der Waals surface area contributed by atoms with Crippen LogP contribution in [0.5, 0.6) is 5.75 Å². The normalized spacial score (nSPS) is 15.3. The molecule has 29 heavy (non-hydrogen) atoms. The SMILES string of the molecule is COc1ccccc1-c1cccc2cc(C(=O)NCC3(C(N)=O)CCCC3)oc12. The molecule has 4 rings (SSSR count). The first kappa shape index (κ1) is 19.1. The minimum Gasteiger partial charge on any atom is -0.496 e. The molecule has 0 aliphatic heterocycles. The summed E-state index contributed by atoms with van der Waals surface area (Å²) in [5, 5.41) is 3.67. The van der Waals surface area contributed by atoms with Crippen LogP contribution < -0.4 is 15.8 Å². The van der Waals surface area contributed by atoms with E-state index in [4.69, 9.17) is 14.9 Å². The number of hydrogen-bond acceptors (Lipinski definition) is 4. The van der Waals surface area contributed by atoms with Gasteiger partial charge >= 0.3 is 0 Å². The second kappa shape index (κ2) is 7.62. The zero-order chi connectivity index (χ0) is 20.4. The number of carbonyl (C=O) groups excluding carboxylic acids is 2. The molecule has 3 aromatic rings. The molecule has 3 N–H and O–H groups in total. The van der Waals surface area contributed by atoms with Gasteiger partial charge in [-0.3, -0.25) is 9.59 Å². The monoisotopic (exact) mass is 392 g/mol. The van der Waals surface area contributed by atoms with Crippen LogP contribution in [-0.4, -0.2) is 25.5 Å². The van der Waals surface area contributed by atoms with E-state index in [2.05, 4.69) is 5.32 Å². The molecule has 6 heteroatoms. The van der Waals surface area contributed by atoms with Crippen LogP contribution in [0.4, 0.5) is 0 Å². The molecule has 6 nitrogen and oxygen atoms in total. The predicted molar refractivity (Wildman–Crippen MR) is 111 cm³/mol. The van der Waals surface area contributed by atoms with Gasteiger partial charge in [-0.15, -0.1) is 0 Å². The molecule has 0 bridgehead atoms. The molecule has 1 saturated carbocycles. The molecular weight excluding hydrogens is 368 g/mol. The fraction of sp³-hybridized carbons (Fsp3) is 0.304. The highest BCUT2D eigenvalue weighted by Gasteiger charge is 2.39. The van der Waals surface area contributed by atoms with Crippen molar-refractivity contribution in [2.24, 2.45) is 11.1 Å². The molecule has 1 fully saturated rings.